The van der Waals surface area contributed by atoms with E-state index in [1.54, 1.807) is 36.4 Å². The minimum absolute atomic E-state index is 0.313. The number of rotatable bonds is 5. The molecule has 8 heteroatoms. The van der Waals surface area contributed by atoms with E-state index in [2.05, 4.69) is 20.9 Å². The van der Waals surface area contributed by atoms with Crippen LogP contribution in [-0.2, 0) is 4.74 Å². The van der Waals surface area contributed by atoms with Crippen LogP contribution in [0.3, 0.4) is 0 Å². The second kappa shape index (κ2) is 9.34. The zero-order valence-electron chi connectivity index (χ0n) is 14.7. The van der Waals surface area contributed by atoms with Gasteiger partial charge in [0.05, 0.1) is 22.9 Å². The highest BCUT2D eigenvalue weighted by Crippen LogP contribution is 2.18. The molecule has 1 aromatic carbocycles. The van der Waals surface area contributed by atoms with Gasteiger partial charge in [-0.2, -0.15) is 0 Å². The first-order chi connectivity index (χ1) is 13.1. The molecule has 2 aromatic rings. The zero-order chi connectivity index (χ0) is 19.1. The first-order valence-corrected chi connectivity index (χ1v) is 9.16. The molecule has 1 aliphatic rings. The quantitative estimate of drug-likeness (QED) is 0.728. The summed E-state index contributed by atoms with van der Waals surface area (Å²) in [5, 5.41) is 9.07. The third-order valence-electron chi connectivity index (χ3n) is 4.29. The van der Waals surface area contributed by atoms with Crippen LogP contribution in [-0.4, -0.2) is 36.7 Å². The van der Waals surface area contributed by atoms with Crippen molar-refractivity contribution in [1.82, 2.24) is 10.3 Å². The summed E-state index contributed by atoms with van der Waals surface area (Å²) < 4.78 is 5.32. The fourth-order valence-electron chi connectivity index (χ4n) is 2.81. The molecule has 0 radical (unpaired) electrons. The van der Waals surface area contributed by atoms with E-state index in [0.717, 1.165) is 25.9 Å². The molecule has 1 fully saturated rings. The van der Waals surface area contributed by atoms with Crippen LogP contribution in [0.5, 0.6) is 0 Å². The minimum Gasteiger partial charge on any atom is -0.449 e. The molecule has 2 amide bonds. The summed E-state index contributed by atoms with van der Waals surface area (Å²) in [6.07, 6.45) is 2.85. The summed E-state index contributed by atoms with van der Waals surface area (Å²) in [5.41, 5.74) is 0.687. The van der Waals surface area contributed by atoms with Gasteiger partial charge >= 0.3 is 6.09 Å². The summed E-state index contributed by atoms with van der Waals surface area (Å²) in [7, 11) is 0. The van der Waals surface area contributed by atoms with Gasteiger partial charge in [-0.3, -0.25) is 10.1 Å². The average Bonchev–Trinajstić information content (AvgIpc) is 2.69. The Morgan fingerprint density at radius 2 is 1.93 bits per heavy atom. The Morgan fingerprint density at radius 3 is 2.67 bits per heavy atom. The second-order valence-electron chi connectivity index (χ2n) is 6.28. The van der Waals surface area contributed by atoms with Crippen molar-refractivity contribution in [2.24, 2.45) is 5.92 Å². The normalized spacial score (nSPS) is 14.4. The number of aromatic nitrogens is 1. The molecule has 0 spiro atoms. The molecule has 7 nitrogen and oxygen atoms in total. The summed E-state index contributed by atoms with van der Waals surface area (Å²) in [4.78, 5) is 28.7. The van der Waals surface area contributed by atoms with Crippen molar-refractivity contribution in [3.63, 3.8) is 0 Å². The topological polar surface area (TPSA) is 92.4 Å². The van der Waals surface area contributed by atoms with E-state index in [-0.39, 0.29) is 5.91 Å². The van der Waals surface area contributed by atoms with Crippen molar-refractivity contribution in [2.75, 3.05) is 30.3 Å². The zero-order valence-corrected chi connectivity index (χ0v) is 15.5. The van der Waals surface area contributed by atoms with Crippen LogP contribution in [0.15, 0.2) is 42.6 Å². The number of hydrogen-bond donors (Lipinski definition) is 3. The molecule has 0 saturated carbocycles. The van der Waals surface area contributed by atoms with E-state index < -0.39 is 6.09 Å². The number of nitrogens with zero attached hydrogens (tertiary/aromatic N) is 1. The molecule has 1 aliphatic heterocycles. The molecular formula is C19H21ClN4O3. The third-order valence-corrected chi connectivity index (χ3v) is 4.51. The summed E-state index contributed by atoms with van der Waals surface area (Å²) in [6, 6.07) is 9.95. The number of benzene rings is 1. The predicted molar refractivity (Wildman–Crippen MR) is 104 cm³/mol. The number of anilines is 2. The van der Waals surface area contributed by atoms with Crippen molar-refractivity contribution in [1.29, 1.82) is 0 Å². The Kier molecular flexibility index (Phi) is 6.62. The molecule has 0 atom stereocenters. The first kappa shape index (κ1) is 19.1. The molecule has 27 heavy (non-hydrogen) atoms. The number of para-hydroxylation sites is 1. The number of piperidine rings is 1. The van der Waals surface area contributed by atoms with Gasteiger partial charge in [-0.05, 0) is 56.1 Å². The van der Waals surface area contributed by atoms with Gasteiger partial charge in [-0.25, -0.2) is 9.78 Å². The first-order valence-electron chi connectivity index (χ1n) is 8.78. The summed E-state index contributed by atoms with van der Waals surface area (Å²) in [5.74, 6) is 0.346. The molecule has 0 aliphatic carbocycles. The third kappa shape index (κ3) is 5.67. The number of halogens is 1. The fourth-order valence-corrected chi connectivity index (χ4v) is 2.92. The van der Waals surface area contributed by atoms with Crippen molar-refractivity contribution >= 4 is 35.1 Å². The number of ether oxygens (including phenoxy) is 1. The standard InChI is InChI=1S/C19H21ClN4O3/c20-14-5-6-17(22-11-14)24-18(25)15-3-1-2-4-16(15)23-19(26)27-12-13-7-9-21-10-8-13/h1-6,11,13,21H,7-10,12H2,(H,23,26)(H,22,24,25). The number of hydrogen-bond acceptors (Lipinski definition) is 5. The Bertz CT molecular complexity index is 792. The molecule has 0 bridgehead atoms. The van der Waals surface area contributed by atoms with Gasteiger partial charge < -0.3 is 15.4 Å². The largest absolute Gasteiger partial charge is 0.449 e. The fraction of sp³-hybridized carbons (Fsp3) is 0.316. The Balaban J connectivity index is 1.59. The monoisotopic (exact) mass is 388 g/mol. The van der Waals surface area contributed by atoms with E-state index in [1.807, 2.05) is 0 Å². The average molecular weight is 389 g/mol. The van der Waals surface area contributed by atoms with Crippen molar-refractivity contribution in [3.8, 4) is 0 Å². The highest BCUT2D eigenvalue weighted by atomic mass is 35.5. The van der Waals surface area contributed by atoms with Gasteiger partial charge in [-0.1, -0.05) is 23.7 Å². The molecule has 1 aromatic heterocycles. The van der Waals surface area contributed by atoms with Gasteiger partial charge in [0.25, 0.3) is 5.91 Å². The molecule has 0 unspecified atom stereocenters. The number of amides is 2. The minimum atomic E-state index is -0.571. The van der Waals surface area contributed by atoms with Crippen molar-refractivity contribution in [3.05, 3.63) is 53.2 Å². The second-order valence-corrected chi connectivity index (χ2v) is 6.71. The molecule has 1 saturated heterocycles. The van der Waals surface area contributed by atoms with E-state index in [1.165, 1.54) is 6.20 Å². The maximum atomic E-state index is 12.5. The van der Waals surface area contributed by atoms with Gasteiger partial charge in [0.1, 0.15) is 5.82 Å². The van der Waals surface area contributed by atoms with Gasteiger partial charge in [0.2, 0.25) is 0 Å². The van der Waals surface area contributed by atoms with Crippen molar-refractivity contribution in [2.45, 2.75) is 12.8 Å². The van der Waals surface area contributed by atoms with Crippen LogP contribution >= 0.6 is 11.6 Å². The number of carbonyl (C=O) groups excluding carboxylic acids is 2. The number of nitrogens with one attached hydrogen (secondary N) is 3. The molecule has 2 heterocycles. The Labute approximate surface area is 162 Å². The lowest BCUT2D eigenvalue weighted by Crippen LogP contribution is -2.31. The van der Waals surface area contributed by atoms with E-state index in [4.69, 9.17) is 16.3 Å². The Hall–Kier alpha value is -2.64. The van der Waals surface area contributed by atoms with E-state index in [9.17, 15) is 9.59 Å². The lowest BCUT2D eigenvalue weighted by atomic mass is 9.99. The SMILES string of the molecule is O=C(Nc1ccccc1C(=O)Nc1ccc(Cl)cn1)OCC1CCNCC1. The van der Waals surface area contributed by atoms with Crippen LogP contribution in [0.2, 0.25) is 5.02 Å². The number of carbonyl (C=O) groups is 2. The highest BCUT2D eigenvalue weighted by molar-refractivity contribution is 6.30. The smallest absolute Gasteiger partial charge is 0.411 e. The highest BCUT2D eigenvalue weighted by Gasteiger charge is 2.17. The predicted octanol–water partition coefficient (Wildman–Crippen LogP) is 3.54. The van der Waals surface area contributed by atoms with Crippen LogP contribution < -0.4 is 16.0 Å². The van der Waals surface area contributed by atoms with Crippen molar-refractivity contribution < 1.29 is 14.3 Å². The molecule has 3 N–H and O–H groups in total. The van der Waals surface area contributed by atoms with E-state index >= 15 is 0 Å². The maximum Gasteiger partial charge on any atom is 0.411 e. The maximum absolute atomic E-state index is 12.5. The molecular weight excluding hydrogens is 368 g/mol. The van der Waals surface area contributed by atoms with Crippen LogP contribution in [0.4, 0.5) is 16.3 Å². The van der Waals surface area contributed by atoms with E-state index in [0.29, 0.717) is 34.6 Å². The van der Waals surface area contributed by atoms with Crippen LogP contribution in [0.1, 0.15) is 23.2 Å². The molecule has 142 valence electrons. The summed E-state index contributed by atoms with van der Waals surface area (Å²) in [6.45, 7) is 2.26. The Morgan fingerprint density at radius 1 is 1.15 bits per heavy atom. The van der Waals surface area contributed by atoms with Gasteiger partial charge in [-0.15, -0.1) is 0 Å². The van der Waals surface area contributed by atoms with Gasteiger partial charge in [0, 0.05) is 6.20 Å². The van der Waals surface area contributed by atoms with Crippen LogP contribution in [0, 0.1) is 5.92 Å². The lowest BCUT2D eigenvalue weighted by Gasteiger charge is -2.22. The number of pyridine rings is 1. The van der Waals surface area contributed by atoms with Crippen LogP contribution in [0.25, 0.3) is 0 Å². The lowest BCUT2D eigenvalue weighted by molar-refractivity contribution is 0.102. The summed E-state index contributed by atoms with van der Waals surface area (Å²) >= 11 is 5.79. The molecule has 3 rings (SSSR count). The van der Waals surface area contributed by atoms with Gasteiger partial charge in [0.15, 0.2) is 0 Å².